The summed E-state index contributed by atoms with van der Waals surface area (Å²) in [7, 11) is 0. The lowest BCUT2D eigenvalue weighted by Gasteiger charge is -2.01. The SMILES string of the molecule is N#Cc1c[nH]c(I)c(C(F)F)c1=O. The molecule has 6 heteroatoms. The van der Waals surface area contributed by atoms with Gasteiger partial charge in [-0.15, -0.1) is 0 Å². The van der Waals surface area contributed by atoms with Gasteiger partial charge in [-0.05, 0) is 22.6 Å². The van der Waals surface area contributed by atoms with Gasteiger partial charge in [0.15, 0.2) is 0 Å². The first-order valence-electron chi connectivity index (χ1n) is 3.17. The largest absolute Gasteiger partial charge is 0.355 e. The second-order valence-electron chi connectivity index (χ2n) is 2.17. The Morgan fingerprint density at radius 2 is 2.23 bits per heavy atom. The van der Waals surface area contributed by atoms with Gasteiger partial charge in [0.1, 0.15) is 11.6 Å². The van der Waals surface area contributed by atoms with Crippen molar-refractivity contribution in [2.45, 2.75) is 6.43 Å². The van der Waals surface area contributed by atoms with E-state index >= 15 is 0 Å². The van der Waals surface area contributed by atoms with E-state index in [1.54, 1.807) is 22.6 Å². The van der Waals surface area contributed by atoms with Crippen molar-refractivity contribution in [2.24, 2.45) is 0 Å². The average molecular weight is 296 g/mol. The summed E-state index contributed by atoms with van der Waals surface area (Å²) in [4.78, 5) is 13.6. The van der Waals surface area contributed by atoms with Gasteiger partial charge in [-0.2, -0.15) is 5.26 Å². The van der Waals surface area contributed by atoms with Crippen LogP contribution in [0.1, 0.15) is 17.6 Å². The van der Waals surface area contributed by atoms with E-state index in [4.69, 9.17) is 5.26 Å². The summed E-state index contributed by atoms with van der Waals surface area (Å²) < 4.78 is 24.6. The van der Waals surface area contributed by atoms with Crippen molar-refractivity contribution in [3.05, 3.63) is 31.2 Å². The normalized spacial score (nSPS) is 10.1. The zero-order valence-corrected chi connectivity index (χ0v) is 8.30. The number of rotatable bonds is 1. The number of nitrogens with one attached hydrogen (secondary N) is 1. The Morgan fingerprint density at radius 1 is 1.62 bits per heavy atom. The summed E-state index contributed by atoms with van der Waals surface area (Å²) in [5, 5.41) is 8.40. The number of aromatic nitrogens is 1. The van der Waals surface area contributed by atoms with E-state index < -0.39 is 17.4 Å². The highest BCUT2D eigenvalue weighted by molar-refractivity contribution is 14.1. The van der Waals surface area contributed by atoms with Gasteiger partial charge in [0, 0.05) is 6.20 Å². The van der Waals surface area contributed by atoms with Crippen molar-refractivity contribution in [3.63, 3.8) is 0 Å². The van der Waals surface area contributed by atoms with E-state index in [1.807, 2.05) is 0 Å². The molecule has 1 aromatic heterocycles. The summed E-state index contributed by atoms with van der Waals surface area (Å²) in [6, 6.07) is 1.54. The highest BCUT2D eigenvalue weighted by Gasteiger charge is 2.18. The molecule has 0 amide bonds. The topological polar surface area (TPSA) is 56.6 Å². The Labute approximate surface area is 85.5 Å². The molecule has 0 spiro atoms. The lowest BCUT2D eigenvalue weighted by molar-refractivity contribution is 0.148. The highest BCUT2D eigenvalue weighted by Crippen LogP contribution is 2.19. The first-order valence-corrected chi connectivity index (χ1v) is 4.25. The van der Waals surface area contributed by atoms with Gasteiger partial charge >= 0.3 is 0 Å². The molecule has 0 aliphatic rings. The number of aromatic amines is 1. The first-order chi connectivity index (χ1) is 6.07. The number of nitriles is 1. The predicted octanol–water partition coefficient (Wildman–Crippen LogP) is 1.79. The number of H-pyrrole nitrogens is 1. The number of hydrogen-bond donors (Lipinski definition) is 1. The van der Waals surface area contributed by atoms with E-state index in [-0.39, 0.29) is 9.26 Å². The number of nitrogens with zero attached hydrogens (tertiary/aromatic N) is 1. The molecule has 68 valence electrons. The molecule has 0 aromatic carbocycles. The lowest BCUT2D eigenvalue weighted by atomic mass is 10.2. The van der Waals surface area contributed by atoms with E-state index in [0.29, 0.717) is 0 Å². The third-order valence-electron chi connectivity index (χ3n) is 1.41. The van der Waals surface area contributed by atoms with Gasteiger partial charge < -0.3 is 4.98 Å². The van der Waals surface area contributed by atoms with Crippen molar-refractivity contribution in [1.29, 1.82) is 5.26 Å². The summed E-state index contributed by atoms with van der Waals surface area (Å²) in [5.74, 6) is 0. The van der Waals surface area contributed by atoms with E-state index in [0.717, 1.165) is 6.20 Å². The third kappa shape index (κ3) is 1.85. The molecule has 0 saturated carbocycles. The summed E-state index contributed by atoms with van der Waals surface area (Å²) in [5.41, 5.74) is -1.84. The number of pyridine rings is 1. The molecular formula is C7H3F2IN2O. The van der Waals surface area contributed by atoms with E-state index in [2.05, 4.69) is 4.98 Å². The zero-order chi connectivity index (χ0) is 10.0. The molecule has 0 aliphatic heterocycles. The standard InChI is InChI=1S/C7H3F2IN2O/c8-6(9)4-5(13)3(1-11)2-12-7(4)10/h2,6H,(H,12,13). The molecule has 13 heavy (non-hydrogen) atoms. The molecule has 0 radical (unpaired) electrons. The van der Waals surface area contributed by atoms with Crippen LogP contribution < -0.4 is 5.43 Å². The van der Waals surface area contributed by atoms with Crippen molar-refractivity contribution in [1.82, 2.24) is 4.98 Å². The molecule has 1 aromatic rings. The minimum absolute atomic E-state index is 0.0663. The maximum absolute atomic E-state index is 12.3. The maximum Gasteiger partial charge on any atom is 0.270 e. The van der Waals surface area contributed by atoms with Crippen LogP contribution in [0.5, 0.6) is 0 Å². The van der Waals surface area contributed by atoms with Gasteiger partial charge in [0.05, 0.1) is 9.26 Å². The van der Waals surface area contributed by atoms with Crippen LogP contribution in [0.2, 0.25) is 0 Å². The fraction of sp³-hybridized carbons (Fsp3) is 0.143. The molecule has 3 nitrogen and oxygen atoms in total. The third-order valence-corrected chi connectivity index (χ3v) is 2.30. The van der Waals surface area contributed by atoms with Crippen LogP contribution in [0.25, 0.3) is 0 Å². The van der Waals surface area contributed by atoms with E-state index in [1.165, 1.54) is 6.07 Å². The van der Waals surface area contributed by atoms with Crippen molar-refractivity contribution in [2.75, 3.05) is 0 Å². The summed E-state index contributed by atoms with van der Waals surface area (Å²) in [6.07, 6.45) is -1.74. The first kappa shape index (κ1) is 10.1. The Balaban J connectivity index is 3.51. The van der Waals surface area contributed by atoms with Gasteiger partial charge in [0.2, 0.25) is 5.43 Å². The second-order valence-corrected chi connectivity index (χ2v) is 3.25. The molecule has 0 atom stereocenters. The van der Waals surface area contributed by atoms with Gasteiger partial charge in [-0.3, -0.25) is 4.79 Å². The van der Waals surface area contributed by atoms with Crippen LogP contribution in [0.4, 0.5) is 8.78 Å². The predicted molar refractivity (Wildman–Crippen MR) is 49.5 cm³/mol. The molecule has 0 saturated heterocycles. The van der Waals surface area contributed by atoms with Crippen molar-refractivity contribution in [3.8, 4) is 6.07 Å². The molecule has 0 bridgehead atoms. The number of hydrogen-bond acceptors (Lipinski definition) is 2. The minimum atomic E-state index is -2.86. The minimum Gasteiger partial charge on any atom is -0.355 e. The van der Waals surface area contributed by atoms with E-state index in [9.17, 15) is 13.6 Å². The molecular weight excluding hydrogens is 293 g/mol. The highest BCUT2D eigenvalue weighted by atomic mass is 127. The molecule has 1 rings (SSSR count). The molecule has 0 fully saturated rings. The lowest BCUT2D eigenvalue weighted by Crippen LogP contribution is -2.15. The van der Waals surface area contributed by atoms with Crippen LogP contribution in [-0.2, 0) is 0 Å². The van der Waals surface area contributed by atoms with Crippen LogP contribution in [0.3, 0.4) is 0 Å². The maximum atomic E-state index is 12.3. The fourth-order valence-corrected chi connectivity index (χ4v) is 1.44. The second kappa shape index (κ2) is 3.83. The molecule has 0 aliphatic carbocycles. The Hall–Kier alpha value is -0.970. The van der Waals surface area contributed by atoms with Crippen molar-refractivity contribution < 1.29 is 8.78 Å². The molecule has 0 unspecified atom stereocenters. The Bertz CT molecular complexity index is 421. The Morgan fingerprint density at radius 3 is 2.69 bits per heavy atom. The average Bonchev–Trinajstić information content (AvgIpc) is 2.04. The monoisotopic (exact) mass is 296 g/mol. The Kier molecular flexibility index (Phi) is 2.98. The smallest absolute Gasteiger partial charge is 0.270 e. The van der Waals surface area contributed by atoms with Crippen LogP contribution >= 0.6 is 22.6 Å². The quantitative estimate of drug-likeness (QED) is 0.634. The van der Waals surface area contributed by atoms with Gasteiger partial charge in [0.25, 0.3) is 6.43 Å². The fourth-order valence-electron chi connectivity index (χ4n) is 0.802. The molecule has 1 heterocycles. The van der Waals surface area contributed by atoms with Crippen LogP contribution in [0.15, 0.2) is 11.0 Å². The van der Waals surface area contributed by atoms with Crippen molar-refractivity contribution >= 4 is 22.6 Å². The summed E-state index contributed by atoms with van der Waals surface area (Å²) >= 11 is 1.59. The number of halogens is 3. The van der Waals surface area contributed by atoms with Crippen LogP contribution in [0, 0.1) is 15.0 Å². The zero-order valence-electron chi connectivity index (χ0n) is 6.14. The summed E-state index contributed by atoms with van der Waals surface area (Å²) in [6.45, 7) is 0. The molecule has 1 N–H and O–H groups in total. The van der Waals surface area contributed by atoms with Crippen LogP contribution in [-0.4, -0.2) is 4.98 Å². The number of alkyl halides is 2. The van der Waals surface area contributed by atoms with Gasteiger partial charge in [-0.25, -0.2) is 8.78 Å². The van der Waals surface area contributed by atoms with Gasteiger partial charge in [-0.1, -0.05) is 0 Å².